The number of nitrogens with one attached hydrogen (secondary N) is 1. The fraction of sp³-hybridized carbons (Fsp3) is 0.357. The molecule has 0 unspecified atom stereocenters. The molecule has 1 rings (SSSR count). The molecular formula is C14H17NO6. The van der Waals surface area contributed by atoms with Crippen LogP contribution in [0.4, 0.5) is 0 Å². The van der Waals surface area contributed by atoms with Crippen molar-refractivity contribution in [2.45, 2.75) is 32.4 Å². The van der Waals surface area contributed by atoms with Gasteiger partial charge in [0.15, 0.2) is 0 Å². The van der Waals surface area contributed by atoms with E-state index < -0.39 is 30.3 Å². The number of carbonyl (C=O) groups excluding carboxylic acids is 1. The molecule has 114 valence electrons. The van der Waals surface area contributed by atoms with Crippen LogP contribution in [0.5, 0.6) is 5.75 Å². The van der Waals surface area contributed by atoms with E-state index in [-0.39, 0.29) is 11.7 Å². The molecule has 7 nitrogen and oxygen atoms in total. The van der Waals surface area contributed by atoms with Gasteiger partial charge in [-0.3, -0.25) is 9.59 Å². The number of ether oxygens (including phenoxy) is 1. The van der Waals surface area contributed by atoms with Crippen molar-refractivity contribution in [1.29, 1.82) is 0 Å². The number of benzene rings is 1. The molecule has 0 bridgehead atoms. The monoisotopic (exact) mass is 295 g/mol. The van der Waals surface area contributed by atoms with Crippen LogP contribution in [-0.2, 0) is 9.59 Å². The van der Waals surface area contributed by atoms with Crippen molar-refractivity contribution in [3.8, 4) is 5.75 Å². The Bertz CT molecular complexity index is 523. The summed E-state index contributed by atoms with van der Waals surface area (Å²) in [6, 6.07) is 4.66. The highest BCUT2D eigenvalue weighted by Gasteiger charge is 2.23. The molecule has 3 N–H and O–H groups in total. The zero-order chi connectivity index (χ0) is 16.0. The molecule has 0 saturated carbocycles. The number of hydrogen-bond donors (Lipinski definition) is 3. The number of carboxylic acid groups (broad SMARTS) is 2. The average molecular weight is 295 g/mol. The van der Waals surface area contributed by atoms with Crippen LogP contribution in [0.2, 0.25) is 0 Å². The van der Waals surface area contributed by atoms with Gasteiger partial charge in [0.05, 0.1) is 12.5 Å². The maximum absolute atomic E-state index is 11.9. The van der Waals surface area contributed by atoms with Crippen LogP contribution in [-0.4, -0.2) is 40.2 Å². The topological polar surface area (TPSA) is 113 Å². The van der Waals surface area contributed by atoms with E-state index in [1.165, 1.54) is 12.1 Å². The second-order valence-corrected chi connectivity index (χ2v) is 4.65. The van der Waals surface area contributed by atoms with Gasteiger partial charge in [-0.05, 0) is 38.1 Å². The lowest BCUT2D eigenvalue weighted by atomic mass is 10.1. The Balaban J connectivity index is 2.73. The Labute approximate surface area is 121 Å². The average Bonchev–Trinajstić information content (AvgIpc) is 2.37. The Morgan fingerprint density at radius 2 is 1.71 bits per heavy atom. The summed E-state index contributed by atoms with van der Waals surface area (Å²) < 4.78 is 5.42. The summed E-state index contributed by atoms with van der Waals surface area (Å²) >= 11 is 0. The summed E-state index contributed by atoms with van der Waals surface area (Å²) in [6.07, 6.45) is -0.688. The third-order valence-corrected chi connectivity index (χ3v) is 2.47. The van der Waals surface area contributed by atoms with Crippen LogP contribution in [0.3, 0.4) is 0 Å². The van der Waals surface area contributed by atoms with E-state index >= 15 is 0 Å². The Hall–Kier alpha value is -2.57. The van der Waals surface area contributed by atoms with Crippen molar-refractivity contribution in [2.24, 2.45) is 0 Å². The van der Waals surface area contributed by atoms with Crippen LogP contribution in [0.1, 0.15) is 30.6 Å². The first kappa shape index (κ1) is 16.5. The molecule has 7 heteroatoms. The summed E-state index contributed by atoms with van der Waals surface area (Å²) in [5.41, 5.74) is 0.225. The van der Waals surface area contributed by atoms with Crippen LogP contribution in [0.15, 0.2) is 24.3 Å². The summed E-state index contributed by atoms with van der Waals surface area (Å²) in [5, 5.41) is 19.6. The number of aliphatic carboxylic acids is 2. The summed E-state index contributed by atoms with van der Waals surface area (Å²) in [7, 11) is 0. The van der Waals surface area contributed by atoms with Crippen LogP contribution < -0.4 is 10.1 Å². The van der Waals surface area contributed by atoms with Gasteiger partial charge in [0, 0.05) is 5.56 Å². The smallest absolute Gasteiger partial charge is 0.326 e. The summed E-state index contributed by atoms with van der Waals surface area (Å²) in [5.74, 6) is -2.77. The van der Waals surface area contributed by atoms with E-state index in [1.54, 1.807) is 12.1 Å². The Kier molecular flexibility index (Phi) is 5.71. The molecule has 0 aliphatic rings. The SMILES string of the molecule is CC(C)Oc1ccc(C(=O)N[C@H](CC(=O)O)C(=O)O)cc1. The molecule has 21 heavy (non-hydrogen) atoms. The first-order valence-electron chi connectivity index (χ1n) is 6.31. The third-order valence-electron chi connectivity index (χ3n) is 2.47. The minimum absolute atomic E-state index is 0.00312. The van der Waals surface area contributed by atoms with Crippen molar-refractivity contribution >= 4 is 17.8 Å². The molecule has 0 aromatic heterocycles. The van der Waals surface area contributed by atoms with Gasteiger partial charge in [0.25, 0.3) is 5.91 Å². The molecular weight excluding hydrogens is 278 g/mol. The van der Waals surface area contributed by atoms with E-state index in [9.17, 15) is 14.4 Å². The fourth-order valence-corrected chi connectivity index (χ4v) is 1.57. The van der Waals surface area contributed by atoms with Crippen molar-refractivity contribution in [3.63, 3.8) is 0 Å². The van der Waals surface area contributed by atoms with Gasteiger partial charge in [-0.25, -0.2) is 4.79 Å². The van der Waals surface area contributed by atoms with Crippen molar-refractivity contribution in [3.05, 3.63) is 29.8 Å². The predicted molar refractivity (Wildman–Crippen MR) is 73.3 cm³/mol. The van der Waals surface area contributed by atoms with E-state index in [0.717, 1.165) is 0 Å². The first-order chi connectivity index (χ1) is 9.79. The molecule has 0 aliphatic heterocycles. The lowest BCUT2D eigenvalue weighted by molar-refractivity contribution is -0.145. The van der Waals surface area contributed by atoms with Gasteiger partial charge in [0.1, 0.15) is 11.8 Å². The number of carboxylic acids is 2. The quantitative estimate of drug-likeness (QED) is 0.695. The van der Waals surface area contributed by atoms with E-state index in [2.05, 4.69) is 5.32 Å². The standard InChI is InChI=1S/C14H17NO6/c1-8(2)21-10-5-3-9(4-6-10)13(18)15-11(14(19)20)7-12(16)17/h3-6,8,11H,7H2,1-2H3,(H,15,18)(H,16,17)(H,19,20)/t11-/m1/s1. The van der Waals surface area contributed by atoms with Crippen molar-refractivity contribution < 1.29 is 29.3 Å². The van der Waals surface area contributed by atoms with Crippen molar-refractivity contribution in [2.75, 3.05) is 0 Å². The van der Waals surface area contributed by atoms with Crippen LogP contribution in [0, 0.1) is 0 Å². The Morgan fingerprint density at radius 3 is 2.14 bits per heavy atom. The molecule has 1 aromatic carbocycles. The number of rotatable bonds is 7. The van der Waals surface area contributed by atoms with Gasteiger partial charge >= 0.3 is 11.9 Å². The highest BCUT2D eigenvalue weighted by molar-refractivity contribution is 5.97. The molecule has 0 fully saturated rings. The van der Waals surface area contributed by atoms with Crippen molar-refractivity contribution in [1.82, 2.24) is 5.32 Å². The lowest BCUT2D eigenvalue weighted by Crippen LogP contribution is -2.42. The summed E-state index contributed by atoms with van der Waals surface area (Å²) in [6.45, 7) is 3.73. The van der Waals surface area contributed by atoms with Gasteiger partial charge in [-0.1, -0.05) is 0 Å². The second-order valence-electron chi connectivity index (χ2n) is 4.65. The molecule has 0 saturated heterocycles. The minimum atomic E-state index is -1.47. The van der Waals surface area contributed by atoms with E-state index in [4.69, 9.17) is 14.9 Å². The maximum atomic E-state index is 11.9. The zero-order valence-electron chi connectivity index (χ0n) is 11.7. The zero-order valence-corrected chi connectivity index (χ0v) is 11.7. The number of hydrogen-bond acceptors (Lipinski definition) is 4. The van der Waals surface area contributed by atoms with E-state index in [0.29, 0.717) is 5.75 Å². The lowest BCUT2D eigenvalue weighted by Gasteiger charge is -2.13. The highest BCUT2D eigenvalue weighted by Crippen LogP contribution is 2.14. The summed E-state index contributed by atoms with van der Waals surface area (Å²) in [4.78, 5) is 33.3. The predicted octanol–water partition coefficient (Wildman–Crippen LogP) is 1.13. The molecule has 0 aliphatic carbocycles. The molecule has 1 amide bonds. The van der Waals surface area contributed by atoms with Gasteiger partial charge < -0.3 is 20.3 Å². The number of amides is 1. The minimum Gasteiger partial charge on any atom is -0.491 e. The van der Waals surface area contributed by atoms with Gasteiger partial charge in [-0.2, -0.15) is 0 Å². The third kappa shape index (κ3) is 5.52. The second kappa shape index (κ2) is 7.28. The highest BCUT2D eigenvalue weighted by atomic mass is 16.5. The van der Waals surface area contributed by atoms with Gasteiger partial charge in [-0.15, -0.1) is 0 Å². The van der Waals surface area contributed by atoms with E-state index in [1.807, 2.05) is 13.8 Å². The molecule has 0 radical (unpaired) electrons. The molecule has 0 heterocycles. The molecule has 0 spiro atoms. The Morgan fingerprint density at radius 1 is 1.14 bits per heavy atom. The largest absolute Gasteiger partial charge is 0.491 e. The molecule has 1 atom stereocenters. The fourth-order valence-electron chi connectivity index (χ4n) is 1.57. The normalized spacial score (nSPS) is 11.8. The van der Waals surface area contributed by atoms with Crippen LogP contribution in [0.25, 0.3) is 0 Å². The first-order valence-corrected chi connectivity index (χ1v) is 6.31. The van der Waals surface area contributed by atoms with Crippen LogP contribution >= 0.6 is 0 Å². The molecule has 1 aromatic rings. The number of carbonyl (C=O) groups is 3. The maximum Gasteiger partial charge on any atom is 0.326 e. The van der Waals surface area contributed by atoms with Gasteiger partial charge in [0.2, 0.25) is 0 Å².